The molecule has 3 heteroatoms. The van der Waals surface area contributed by atoms with Gasteiger partial charge >= 0.3 is 0 Å². The Morgan fingerprint density at radius 3 is 3.07 bits per heavy atom. The van der Waals surface area contributed by atoms with Crippen LogP contribution in [-0.2, 0) is 17.6 Å². The predicted octanol–water partition coefficient (Wildman–Crippen LogP) is 1.76. The van der Waals surface area contributed by atoms with Crippen molar-refractivity contribution in [3.05, 3.63) is 23.3 Å². The minimum Gasteiger partial charge on any atom is -0.496 e. The third-order valence-electron chi connectivity index (χ3n) is 2.60. The average Bonchev–Trinajstić information content (AvgIpc) is 2.56. The van der Waals surface area contributed by atoms with E-state index in [0.717, 1.165) is 29.8 Å². The van der Waals surface area contributed by atoms with Crippen LogP contribution in [0.2, 0.25) is 0 Å². The molecule has 1 unspecified atom stereocenters. The Morgan fingerprint density at radius 1 is 1.60 bits per heavy atom. The van der Waals surface area contributed by atoms with E-state index in [1.165, 1.54) is 5.56 Å². The maximum absolute atomic E-state index is 10.5. The lowest BCUT2D eigenvalue weighted by Crippen LogP contribution is -2.05. The highest BCUT2D eigenvalue weighted by molar-refractivity contribution is 5.60. The van der Waals surface area contributed by atoms with Crippen molar-refractivity contribution in [2.45, 2.75) is 25.9 Å². The molecule has 0 radical (unpaired) electrons. The van der Waals surface area contributed by atoms with Crippen molar-refractivity contribution in [3.8, 4) is 11.5 Å². The van der Waals surface area contributed by atoms with Crippen molar-refractivity contribution in [2.24, 2.45) is 0 Å². The van der Waals surface area contributed by atoms with Crippen LogP contribution >= 0.6 is 0 Å². The highest BCUT2D eigenvalue weighted by atomic mass is 16.5. The van der Waals surface area contributed by atoms with Crippen LogP contribution in [0.1, 0.15) is 18.1 Å². The van der Waals surface area contributed by atoms with Crippen LogP contribution in [0, 0.1) is 0 Å². The molecular weight excluding hydrogens is 192 g/mol. The second-order valence-electron chi connectivity index (χ2n) is 3.78. The van der Waals surface area contributed by atoms with Crippen molar-refractivity contribution >= 4 is 6.29 Å². The van der Waals surface area contributed by atoms with Crippen molar-refractivity contribution in [1.29, 1.82) is 0 Å². The van der Waals surface area contributed by atoms with E-state index in [9.17, 15) is 4.79 Å². The fraction of sp³-hybridized carbons (Fsp3) is 0.417. The number of aldehydes is 1. The third-order valence-corrected chi connectivity index (χ3v) is 2.60. The zero-order valence-electron chi connectivity index (χ0n) is 8.95. The summed E-state index contributed by atoms with van der Waals surface area (Å²) in [5, 5.41) is 0. The molecule has 0 N–H and O–H groups in total. The van der Waals surface area contributed by atoms with E-state index < -0.39 is 0 Å². The summed E-state index contributed by atoms with van der Waals surface area (Å²) in [5.74, 6) is 1.61. The van der Waals surface area contributed by atoms with Gasteiger partial charge in [-0.25, -0.2) is 0 Å². The van der Waals surface area contributed by atoms with E-state index in [0.29, 0.717) is 6.42 Å². The van der Waals surface area contributed by atoms with E-state index in [1.54, 1.807) is 7.11 Å². The second kappa shape index (κ2) is 3.93. The lowest BCUT2D eigenvalue weighted by molar-refractivity contribution is -0.107. The fourth-order valence-electron chi connectivity index (χ4n) is 1.93. The topological polar surface area (TPSA) is 35.5 Å². The first-order valence-corrected chi connectivity index (χ1v) is 5.04. The molecule has 80 valence electrons. The molecule has 0 bridgehead atoms. The standard InChI is InChI=1S/C12H14O3/c1-8-5-10-6-9(3-4-13)11(14-2)7-12(10)15-8/h4,6-8H,3,5H2,1-2H3. The van der Waals surface area contributed by atoms with Gasteiger partial charge in [0.25, 0.3) is 0 Å². The van der Waals surface area contributed by atoms with Gasteiger partial charge in [-0.15, -0.1) is 0 Å². The molecule has 1 heterocycles. The Bertz CT molecular complexity index is 385. The largest absolute Gasteiger partial charge is 0.496 e. The van der Waals surface area contributed by atoms with Crippen LogP contribution in [0.15, 0.2) is 12.1 Å². The van der Waals surface area contributed by atoms with E-state index >= 15 is 0 Å². The number of rotatable bonds is 3. The van der Waals surface area contributed by atoms with Gasteiger partial charge in [0, 0.05) is 24.5 Å². The minimum absolute atomic E-state index is 0.219. The van der Waals surface area contributed by atoms with Crippen molar-refractivity contribution in [2.75, 3.05) is 7.11 Å². The maximum atomic E-state index is 10.5. The Balaban J connectivity index is 2.40. The van der Waals surface area contributed by atoms with E-state index in [-0.39, 0.29) is 6.10 Å². The number of ether oxygens (including phenoxy) is 2. The fourth-order valence-corrected chi connectivity index (χ4v) is 1.93. The molecule has 1 aliphatic rings. The molecule has 0 amide bonds. The molecule has 1 aliphatic heterocycles. The Hall–Kier alpha value is -1.51. The monoisotopic (exact) mass is 206 g/mol. The highest BCUT2D eigenvalue weighted by Gasteiger charge is 2.21. The number of fused-ring (bicyclic) bond motifs is 1. The van der Waals surface area contributed by atoms with Crippen molar-refractivity contribution in [3.63, 3.8) is 0 Å². The van der Waals surface area contributed by atoms with Gasteiger partial charge in [-0.05, 0) is 18.6 Å². The quantitative estimate of drug-likeness (QED) is 0.707. The molecule has 2 rings (SSSR count). The Labute approximate surface area is 89.0 Å². The molecule has 0 spiro atoms. The molecule has 0 fully saturated rings. The first-order chi connectivity index (χ1) is 7.24. The van der Waals surface area contributed by atoms with Crippen molar-refractivity contribution < 1.29 is 14.3 Å². The molecular formula is C12H14O3. The summed E-state index contributed by atoms with van der Waals surface area (Å²) in [7, 11) is 1.61. The number of carbonyl (C=O) groups excluding carboxylic acids is 1. The summed E-state index contributed by atoms with van der Waals surface area (Å²) < 4.78 is 10.8. The molecule has 0 aliphatic carbocycles. The molecule has 3 nitrogen and oxygen atoms in total. The summed E-state index contributed by atoms with van der Waals surface area (Å²) in [6.45, 7) is 2.03. The SMILES string of the molecule is COc1cc2c(cc1CC=O)CC(C)O2. The molecule has 0 saturated heterocycles. The van der Waals surface area contributed by atoms with E-state index in [4.69, 9.17) is 9.47 Å². The molecule has 0 saturated carbocycles. The smallest absolute Gasteiger partial charge is 0.126 e. The molecule has 15 heavy (non-hydrogen) atoms. The lowest BCUT2D eigenvalue weighted by atomic mass is 10.0. The summed E-state index contributed by atoms with van der Waals surface area (Å²) in [5.41, 5.74) is 2.10. The number of hydrogen-bond acceptors (Lipinski definition) is 3. The van der Waals surface area contributed by atoms with Crippen LogP contribution in [0.3, 0.4) is 0 Å². The van der Waals surface area contributed by atoms with Gasteiger partial charge in [0.05, 0.1) is 7.11 Å². The zero-order chi connectivity index (χ0) is 10.8. The number of benzene rings is 1. The summed E-state index contributed by atoms with van der Waals surface area (Å²) >= 11 is 0. The third kappa shape index (κ3) is 1.82. The second-order valence-corrected chi connectivity index (χ2v) is 3.78. The summed E-state index contributed by atoms with van der Waals surface area (Å²) in [6.07, 6.45) is 2.41. The van der Waals surface area contributed by atoms with Crippen LogP contribution in [0.4, 0.5) is 0 Å². The molecule has 1 aromatic carbocycles. The van der Waals surface area contributed by atoms with Gasteiger partial charge < -0.3 is 14.3 Å². The van der Waals surface area contributed by atoms with Gasteiger partial charge in [0.2, 0.25) is 0 Å². The maximum Gasteiger partial charge on any atom is 0.126 e. The highest BCUT2D eigenvalue weighted by Crippen LogP contribution is 2.35. The van der Waals surface area contributed by atoms with Gasteiger partial charge in [0.1, 0.15) is 23.9 Å². The van der Waals surface area contributed by atoms with Gasteiger partial charge in [0.15, 0.2) is 0 Å². The van der Waals surface area contributed by atoms with Crippen LogP contribution in [0.25, 0.3) is 0 Å². The predicted molar refractivity (Wildman–Crippen MR) is 56.6 cm³/mol. The van der Waals surface area contributed by atoms with Gasteiger partial charge in [-0.1, -0.05) is 0 Å². The van der Waals surface area contributed by atoms with Crippen molar-refractivity contribution in [1.82, 2.24) is 0 Å². The number of carbonyl (C=O) groups is 1. The van der Waals surface area contributed by atoms with Crippen LogP contribution in [-0.4, -0.2) is 19.5 Å². The first kappa shape index (κ1) is 10.0. The number of hydrogen-bond donors (Lipinski definition) is 0. The normalized spacial score (nSPS) is 18.1. The Morgan fingerprint density at radius 2 is 2.40 bits per heavy atom. The minimum atomic E-state index is 0.219. The zero-order valence-corrected chi connectivity index (χ0v) is 8.95. The van der Waals surface area contributed by atoms with Gasteiger partial charge in [-0.2, -0.15) is 0 Å². The summed E-state index contributed by atoms with van der Waals surface area (Å²) in [4.78, 5) is 10.5. The average molecular weight is 206 g/mol. The molecule has 1 atom stereocenters. The first-order valence-electron chi connectivity index (χ1n) is 5.04. The number of methoxy groups -OCH3 is 1. The Kier molecular flexibility index (Phi) is 2.62. The van der Waals surface area contributed by atoms with Gasteiger partial charge in [-0.3, -0.25) is 0 Å². The summed E-state index contributed by atoms with van der Waals surface area (Å²) in [6, 6.07) is 3.88. The van der Waals surface area contributed by atoms with E-state index in [2.05, 4.69) is 0 Å². The molecule has 1 aromatic rings. The molecule has 0 aromatic heterocycles. The van der Waals surface area contributed by atoms with E-state index in [1.807, 2.05) is 19.1 Å². The van der Waals surface area contributed by atoms with Crippen LogP contribution < -0.4 is 9.47 Å². The lowest BCUT2D eigenvalue weighted by Gasteiger charge is -2.08. The van der Waals surface area contributed by atoms with Crippen LogP contribution in [0.5, 0.6) is 11.5 Å².